The normalized spacial score (nSPS) is 11.1. The number of nitrogens with one attached hydrogen (secondary N) is 3. The molecule has 0 aliphatic rings. The van der Waals surface area contributed by atoms with Gasteiger partial charge in [0.2, 0.25) is 0 Å². The van der Waals surface area contributed by atoms with E-state index < -0.39 is 11.8 Å². The molecule has 11 heteroatoms. The van der Waals surface area contributed by atoms with Crippen molar-refractivity contribution in [2.24, 2.45) is 10.2 Å². The number of amides is 2. The van der Waals surface area contributed by atoms with Crippen LogP contribution in [0.25, 0.3) is 0 Å². The first-order valence-corrected chi connectivity index (χ1v) is 10.3. The summed E-state index contributed by atoms with van der Waals surface area (Å²) in [5.74, 6) is -0.525. The Morgan fingerprint density at radius 1 is 0.857 bits per heavy atom. The van der Waals surface area contributed by atoms with Gasteiger partial charge in [-0.05, 0) is 66.9 Å². The molecule has 3 aromatic rings. The Labute approximate surface area is 201 Å². The van der Waals surface area contributed by atoms with E-state index in [1.165, 1.54) is 38.8 Å². The standard InChI is InChI=1S/C24H25N5O6/c1-13-21(23(32)28-25-11-15-5-7-19(34-3)17(30)9-15)14(2)27-22(13)24(33)29-26-12-16-6-8-20(35-4)18(31)10-16/h5-12,27,30-31H,1-4H3,(H,28,32)(H,29,33)/b25-11-,26-12-. The summed E-state index contributed by atoms with van der Waals surface area (Å²) in [5.41, 5.74) is 7.24. The second-order valence-electron chi connectivity index (χ2n) is 7.39. The minimum atomic E-state index is -0.546. The van der Waals surface area contributed by atoms with E-state index in [1.54, 1.807) is 38.1 Å². The van der Waals surface area contributed by atoms with Crippen molar-refractivity contribution in [1.82, 2.24) is 15.8 Å². The molecular formula is C24H25N5O6. The number of methoxy groups -OCH3 is 2. The monoisotopic (exact) mass is 479 g/mol. The molecule has 3 rings (SSSR count). The van der Waals surface area contributed by atoms with E-state index in [9.17, 15) is 19.8 Å². The third kappa shape index (κ3) is 5.77. The summed E-state index contributed by atoms with van der Waals surface area (Å²) in [7, 11) is 2.88. The first kappa shape index (κ1) is 24.8. The molecule has 0 saturated heterocycles. The van der Waals surface area contributed by atoms with Crippen molar-refractivity contribution >= 4 is 24.2 Å². The maximum absolute atomic E-state index is 12.7. The maximum Gasteiger partial charge on any atom is 0.288 e. The van der Waals surface area contributed by atoms with Crippen molar-refractivity contribution in [3.05, 3.63) is 70.0 Å². The average Bonchev–Trinajstić information content (AvgIpc) is 3.13. The summed E-state index contributed by atoms with van der Waals surface area (Å²) >= 11 is 0. The van der Waals surface area contributed by atoms with Crippen molar-refractivity contribution in [3.8, 4) is 23.0 Å². The molecule has 11 nitrogen and oxygen atoms in total. The number of hydrazone groups is 2. The molecular weight excluding hydrogens is 454 g/mol. The first-order valence-electron chi connectivity index (χ1n) is 10.3. The van der Waals surface area contributed by atoms with Crippen molar-refractivity contribution in [2.75, 3.05) is 14.2 Å². The van der Waals surface area contributed by atoms with Crippen LogP contribution in [0.3, 0.4) is 0 Å². The second-order valence-corrected chi connectivity index (χ2v) is 7.39. The molecule has 0 atom stereocenters. The van der Waals surface area contributed by atoms with Gasteiger partial charge in [-0.3, -0.25) is 9.59 Å². The van der Waals surface area contributed by atoms with Crippen LogP contribution >= 0.6 is 0 Å². The van der Waals surface area contributed by atoms with Crippen LogP contribution in [0.1, 0.15) is 43.2 Å². The smallest absolute Gasteiger partial charge is 0.288 e. The topological polar surface area (TPSA) is 158 Å². The molecule has 0 unspecified atom stereocenters. The maximum atomic E-state index is 12.7. The molecule has 0 bridgehead atoms. The van der Waals surface area contributed by atoms with E-state index in [4.69, 9.17) is 9.47 Å². The van der Waals surface area contributed by atoms with Crippen LogP contribution in [0, 0.1) is 13.8 Å². The summed E-state index contributed by atoms with van der Waals surface area (Å²) < 4.78 is 9.97. The molecule has 0 fully saturated rings. The first-order chi connectivity index (χ1) is 16.7. The largest absolute Gasteiger partial charge is 0.504 e. The summed E-state index contributed by atoms with van der Waals surface area (Å²) in [6.07, 6.45) is 2.73. The van der Waals surface area contributed by atoms with Gasteiger partial charge in [0.1, 0.15) is 5.69 Å². The summed E-state index contributed by atoms with van der Waals surface area (Å²) in [5, 5.41) is 27.4. The molecule has 1 aromatic heterocycles. The van der Waals surface area contributed by atoms with E-state index in [1.807, 2.05) is 0 Å². The lowest BCUT2D eigenvalue weighted by molar-refractivity contribution is 0.0948. The number of hydrogen-bond acceptors (Lipinski definition) is 8. The highest BCUT2D eigenvalue weighted by Gasteiger charge is 2.21. The number of phenols is 2. The number of aryl methyl sites for hydroxylation is 1. The number of carbonyl (C=O) groups is 2. The van der Waals surface area contributed by atoms with Gasteiger partial charge in [0.05, 0.1) is 32.2 Å². The molecule has 5 N–H and O–H groups in total. The fourth-order valence-corrected chi connectivity index (χ4v) is 3.33. The SMILES string of the molecule is COc1ccc(/C=N\NC(=O)c2[nH]c(C)c(C(=O)N/N=C\c3ccc(OC)c(O)c3)c2C)cc1O. The summed E-state index contributed by atoms with van der Waals surface area (Å²) in [6.45, 7) is 3.29. The van der Waals surface area contributed by atoms with Gasteiger partial charge >= 0.3 is 0 Å². The van der Waals surface area contributed by atoms with Gasteiger partial charge in [0.15, 0.2) is 23.0 Å². The fraction of sp³-hybridized carbons (Fsp3) is 0.167. The van der Waals surface area contributed by atoms with Crippen LogP contribution < -0.4 is 20.3 Å². The van der Waals surface area contributed by atoms with E-state index in [0.29, 0.717) is 33.9 Å². The number of nitrogens with zero attached hydrogens (tertiary/aromatic N) is 2. The molecule has 35 heavy (non-hydrogen) atoms. The Morgan fingerprint density at radius 2 is 1.34 bits per heavy atom. The van der Waals surface area contributed by atoms with Crippen molar-refractivity contribution in [3.63, 3.8) is 0 Å². The molecule has 0 aliphatic carbocycles. The van der Waals surface area contributed by atoms with E-state index in [0.717, 1.165) is 0 Å². The van der Waals surface area contributed by atoms with Gasteiger partial charge in [0, 0.05) is 5.69 Å². The van der Waals surface area contributed by atoms with Crippen LogP contribution in [0.5, 0.6) is 23.0 Å². The van der Waals surface area contributed by atoms with Crippen LogP contribution in [-0.2, 0) is 0 Å². The minimum absolute atomic E-state index is 0.0535. The van der Waals surface area contributed by atoms with Gasteiger partial charge in [-0.15, -0.1) is 0 Å². The minimum Gasteiger partial charge on any atom is -0.504 e. The highest BCUT2D eigenvalue weighted by Crippen LogP contribution is 2.26. The zero-order valence-electron chi connectivity index (χ0n) is 19.5. The van der Waals surface area contributed by atoms with Crippen LogP contribution in [0.2, 0.25) is 0 Å². The van der Waals surface area contributed by atoms with Crippen LogP contribution in [-0.4, -0.2) is 53.7 Å². The number of aromatic hydroxyl groups is 2. The molecule has 0 saturated carbocycles. The number of hydrogen-bond donors (Lipinski definition) is 5. The Bertz CT molecular complexity index is 1310. The van der Waals surface area contributed by atoms with Crippen molar-refractivity contribution in [1.29, 1.82) is 0 Å². The Kier molecular flexibility index (Phi) is 7.72. The zero-order chi connectivity index (χ0) is 25.5. The number of benzene rings is 2. The highest BCUT2D eigenvalue weighted by molar-refractivity contribution is 6.03. The van der Waals surface area contributed by atoms with E-state index in [2.05, 4.69) is 26.0 Å². The van der Waals surface area contributed by atoms with Gasteiger partial charge < -0.3 is 24.7 Å². The lowest BCUT2D eigenvalue weighted by Gasteiger charge is -2.04. The second kappa shape index (κ2) is 10.9. The Hall–Kier alpha value is -4.80. The van der Waals surface area contributed by atoms with Gasteiger partial charge in [-0.2, -0.15) is 10.2 Å². The van der Waals surface area contributed by atoms with E-state index >= 15 is 0 Å². The molecule has 182 valence electrons. The predicted molar refractivity (Wildman–Crippen MR) is 130 cm³/mol. The Balaban J connectivity index is 1.66. The quantitative estimate of drug-likeness (QED) is 0.247. The molecule has 2 amide bonds. The highest BCUT2D eigenvalue weighted by atomic mass is 16.5. The number of rotatable bonds is 8. The molecule has 0 radical (unpaired) electrons. The average molecular weight is 479 g/mol. The molecule has 0 aliphatic heterocycles. The van der Waals surface area contributed by atoms with Crippen molar-refractivity contribution < 1.29 is 29.3 Å². The number of carbonyl (C=O) groups excluding carboxylic acids is 2. The van der Waals surface area contributed by atoms with Gasteiger partial charge in [-0.1, -0.05) is 0 Å². The lowest BCUT2D eigenvalue weighted by atomic mass is 10.1. The summed E-state index contributed by atoms with van der Waals surface area (Å²) in [4.78, 5) is 28.1. The zero-order valence-corrected chi connectivity index (χ0v) is 19.5. The molecule has 2 aromatic carbocycles. The number of ether oxygens (including phenoxy) is 2. The number of H-pyrrole nitrogens is 1. The summed E-state index contributed by atoms with van der Waals surface area (Å²) in [6, 6.07) is 9.35. The lowest BCUT2D eigenvalue weighted by Crippen LogP contribution is -2.21. The number of phenolic OH excluding ortho intramolecular Hbond substituents is 2. The third-order valence-corrected chi connectivity index (χ3v) is 5.06. The van der Waals surface area contributed by atoms with Crippen molar-refractivity contribution in [2.45, 2.75) is 13.8 Å². The van der Waals surface area contributed by atoms with Gasteiger partial charge in [-0.25, -0.2) is 10.9 Å². The van der Waals surface area contributed by atoms with Crippen LogP contribution in [0.15, 0.2) is 46.6 Å². The van der Waals surface area contributed by atoms with Gasteiger partial charge in [0.25, 0.3) is 11.8 Å². The van der Waals surface area contributed by atoms with E-state index in [-0.39, 0.29) is 22.8 Å². The fourth-order valence-electron chi connectivity index (χ4n) is 3.33. The number of aromatic amines is 1. The molecule has 0 spiro atoms. The Morgan fingerprint density at radius 3 is 1.80 bits per heavy atom. The number of aromatic nitrogens is 1. The predicted octanol–water partition coefficient (Wildman–Crippen LogP) is 2.59. The third-order valence-electron chi connectivity index (χ3n) is 5.06. The van der Waals surface area contributed by atoms with Crippen LogP contribution in [0.4, 0.5) is 0 Å². The molecule has 1 heterocycles.